The summed E-state index contributed by atoms with van der Waals surface area (Å²) in [5.74, 6) is 1.44. The van der Waals surface area contributed by atoms with Crippen molar-refractivity contribution < 1.29 is 28.4 Å². The van der Waals surface area contributed by atoms with Crippen LogP contribution in [0, 0.1) is 5.92 Å². The molecular weight excluding hydrogens is 583 g/mol. The smallest absolute Gasteiger partial charge is 0.488 e. The molecule has 4 heterocycles. The number of alkyl carbamates (subject to hydrolysis) is 1. The molecule has 0 saturated carbocycles. The van der Waals surface area contributed by atoms with Gasteiger partial charge in [0.1, 0.15) is 24.2 Å². The second kappa shape index (κ2) is 11.2. The second-order valence-corrected chi connectivity index (χ2v) is 14.3. The number of ether oxygens (including phenoxy) is 2. The number of rotatable bonds is 5. The monoisotopic (exact) mass is 626 g/mol. The first-order valence-electron chi connectivity index (χ1n) is 16.4. The Morgan fingerprint density at radius 1 is 1.04 bits per heavy atom. The molecule has 2 N–H and O–H groups in total. The molecule has 3 aromatic rings. The summed E-state index contributed by atoms with van der Waals surface area (Å²) in [6.07, 6.45) is 2.79. The number of aryl methyl sites for hydroxylation is 2. The summed E-state index contributed by atoms with van der Waals surface area (Å²) in [6.45, 7) is 13.2. The first-order valence-corrected chi connectivity index (χ1v) is 16.4. The number of amides is 2. The van der Waals surface area contributed by atoms with E-state index in [0.29, 0.717) is 13.2 Å². The largest absolute Gasteiger partial charge is 0.494 e. The molecular formula is C35H43BN4O6. The first kappa shape index (κ1) is 30.8. The zero-order chi connectivity index (χ0) is 32.5. The van der Waals surface area contributed by atoms with Gasteiger partial charge in [-0.05, 0) is 93.6 Å². The highest BCUT2D eigenvalue weighted by molar-refractivity contribution is 6.62. The average Bonchev–Trinajstić information content (AvgIpc) is 3.73. The molecule has 2 atom stereocenters. The van der Waals surface area contributed by atoms with Gasteiger partial charge in [0.2, 0.25) is 5.91 Å². The molecule has 7 rings (SSSR count). The van der Waals surface area contributed by atoms with E-state index >= 15 is 0 Å². The van der Waals surface area contributed by atoms with Crippen molar-refractivity contribution in [1.82, 2.24) is 20.2 Å². The standard InChI is InChI=1S/C35H43BN4O6/c1-19(2)29(39-33(42)43-7)32(41)40-14-8-9-27(40)31-37-26-13-10-20-16-25-23-12-11-22(36-45-34(3,4)35(5,6)46-36)15-21(23)18-44-28(25)17-24(20)30(26)38-31/h11-12,15-17,19,27,29H,8-10,13-14,18H2,1-7H3,(H,37,38)(H,39,42). The van der Waals surface area contributed by atoms with Gasteiger partial charge in [-0.2, -0.15) is 0 Å². The van der Waals surface area contributed by atoms with E-state index < -0.39 is 30.5 Å². The maximum absolute atomic E-state index is 13.7. The quantitative estimate of drug-likeness (QED) is 0.380. The van der Waals surface area contributed by atoms with Crippen LogP contribution in [0.15, 0.2) is 30.3 Å². The van der Waals surface area contributed by atoms with Crippen molar-refractivity contribution in [2.45, 2.75) is 97.1 Å². The van der Waals surface area contributed by atoms with Crippen LogP contribution in [0.2, 0.25) is 0 Å². The van der Waals surface area contributed by atoms with Crippen LogP contribution in [0.3, 0.4) is 0 Å². The van der Waals surface area contributed by atoms with Crippen LogP contribution in [-0.2, 0) is 38.3 Å². The van der Waals surface area contributed by atoms with E-state index in [1.807, 2.05) is 18.7 Å². The fourth-order valence-electron chi connectivity index (χ4n) is 7.10. The van der Waals surface area contributed by atoms with Gasteiger partial charge in [-0.25, -0.2) is 9.78 Å². The molecule has 242 valence electrons. The molecule has 10 nitrogen and oxygen atoms in total. The van der Waals surface area contributed by atoms with Crippen LogP contribution in [-0.4, -0.2) is 64.9 Å². The van der Waals surface area contributed by atoms with Gasteiger partial charge in [0.15, 0.2) is 0 Å². The third-order valence-electron chi connectivity index (χ3n) is 10.5. The van der Waals surface area contributed by atoms with Gasteiger partial charge in [0.25, 0.3) is 0 Å². The van der Waals surface area contributed by atoms with Gasteiger partial charge in [-0.3, -0.25) is 4.79 Å². The number of imidazole rings is 1. The minimum Gasteiger partial charge on any atom is -0.488 e. The number of hydrogen-bond acceptors (Lipinski definition) is 7. The number of nitrogens with zero attached hydrogens (tertiary/aromatic N) is 2. The van der Waals surface area contributed by atoms with Crippen molar-refractivity contribution in [2.75, 3.05) is 13.7 Å². The molecule has 1 aliphatic carbocycles. The van der Waals surface area contributed by atoms with E-state index in [1.165, 1.54) is 18.2 Å². The number of carbonyl (C=O) groups excluding carboxylic acids is 2. The molecule has 2 fully saturated rings. The molecule has 1 aromatic heterocycles. The molecule has 3 aliphatic heterocycles. The molecule has 0 spiro atoms. The Morgan fingerprint density at radius 3 is 2.52 bits per heavy atom. The SMILES string of the molecule is COC(=O)NC(C(=O)N1CCCC1c1nc2c([nH]1)CCc1cc3c(cc1-2)OCc1cc(B2OC(C)(C)C(C)(C)O2)ccc1-3)C(C)C. The average molecular weight is 627 g/mol. The van der Waals surface area contributed by atoms with Gasteiger partial charge in [0.05, 0.1) is 30.0 Å². The van der Waals surface area contributed by atoms with E-state index in [4.69, 9.17) is 23.8 Å². The Labute approximate surface area is 270 Å². The van der Waals surface area contributed by atoms with Gasteiger partial charge in [0, 0.05) is 23.4 Å². The van der Waals surface area contributed by atoms with Crippen LogP contribution in [0.4, 0.5) is 4.79 Å². The lowest BCUT2D eigenvalue weighted by Crippen LogP contribution is -2.51. The Morgan fingerprint density at radius 2 is 1.80 bits per heavy atom. The number of H-pyrrole nitrogens is 1. The van der Waals surface area contributed by atoms with Gasteiger partial charge in [-0.1, -0.05) is 32.0 Å². The summed E-state index contributed by atoms with van der Waals surface area (Å²) in [6, 6.07) is 9.95. The van der Waals surface area contributed by atoms with Crippen molar-refractivity contribution in [3.05, 3.63) is 53.0 Å². The third-order valence-corrected chi connectivity index (χ3v) is 10.5. The molecule has 2 amide bonds. The summed E-state index contributed by atoms with van der Waals surface area (Å²) < 4.78 is 23.7. The lowest BCUT2D eigenvalue weighted by molar-refractivity contribution is -0.135. The van der Waals surface area contributed by atoms with Crippen LogP contribution >= 0.6 is 0 Å². The van der Waals surface area contributed by atoms with Crippen molar-refractivity contribution in [3.63, 3.8) is 0 Å². The Hall–Kier alpha value is -3.83. The second-order valence-electron chi connectivity index (χ2n) is 14.3. The highest BCUT2D eigenvalue weighted by atomic mass is 16.7. The molecule has 2 saturated heterocycles. The van der Waals surface area contributed by atoms with Gasteiger partial charge >= 0.3 is 13.2 Å². The zero-order valence-corrected chi connectivity index (χ0v) is 27.8. The predicted octanol–water partition coefficient (Wildman–Crippen LogP) is 5.08. The lowest BCUT2D eigenvalue weighted by atomic mass is 9.76. The fraction of sp³-hybridized carbons (Fsp3) is 0.514. The van der Waals surface area contributed by atoms with Crippen molar-refractivity contribution in [2.24, 2.45) is 5.92 Å². The highest BCUT2D eigenvalue weighted by Crippen LogP contribution is 2.45. The molecule has 4 aliphatic rings. The van der Waals surface area contributed by atoms with Gasteiger partial charge in [-0.15, -0.1) is 0 Å². The first-order chi connectivity index (χ1) is 21.9. The van der Waals surface area contributed by atoms with Crippen LogP contribution in [0.5, 0.6) is 5.75 Å². The number of aromatic amines is 1. The number of carbonyl (C=O) groups is 2. The number of likely N-dealkylation sites (tertiary alicyclic amines) is 1. The third kappa shape index (κ3) is 5.08. The van der Waals surface area contributed by atoms with Crippen molar-refractivity contribution in [1.29, 1.82) is 0 Å². The van der Waals surface area contributed by atoms with Crippen LogP contribution in [0.25, 0.3) is 22.4 Å². The van der Waals surface area contributed by atoms with E-state index in [9.17, 15) is 9.59 Å². The molecule has 46 heavy (non-hydrogen) atoms. The van der Waals surface area contributed by atoms with Crippen molar-refractivity contribution >= 4 is 24.6 Å². The maximum Gasteiger partial charge on any atom is 0.494 e. The number of nitrogens with one attached hydrogen (secondary N) is 2. The molecule has 2 unspecified atom stereocenters. The van der Waals surface area contributed by atoms with Gasteiger partial charge < -0.3 is 34.0 Å². The normalized spacial score (nSPS) is 21.2. The summed E-state index contributed by atoms with van der Waals surface area (Å²) in [7, 11) is 0.889. The predicted molar refractivity (Wildman–Crippen MR) is 175 cm³/mol. The maximum atomic E-state index is 13.7. The molecule has 0 bridgehead atoms. The zero-order valence-electron chi connectivity index (χ0n) is 27.8. The molecule has 0 radical (unpaired) electrons. The minimum atomic E-state index is -0.669. The Kier molecular flexibility index (Phi) is 7.47. The Balaban J connectivity index is 1.16. The Bertz CT molecular complexity index is 1700. The minimum absolute atomic E-state index is 0.0869. The topological polar surface area (TPSA) is 115 Å². The fourth-order valence-corrected chi connectivity index (χ4v) is 7.10. The van der Waals surface area contributed by atoms with E-state index in [2.05, 4.69) is 68.3 Å². The van der Waals surface area contributed by atoms with Crippen LogP contribution < -0.4 is 15.5 Å². The summed E-state index contributed by atoms with van der Waals surface area (Å²) in [5.41, 5.74) is 7.88. The summed E-state index contributed by atoms with van der Waals surface area (Å²) in [4.78, 5) is 36.2. The summed E-state index contributed by atoms with van der Waals surface area (Å²) in [5, 5.41) is 2.73. The molecule has 11 heteroatoms. The number of aromatic nitrogens is 2. The van der Waals surface area contributed by atoms with E-state index in [0.717, 1.165) is 70.8 Å². The van der Waals surface area contributed by atoms with Crippen LogP contribution in [0.1, 0.15) is 83.1 Å². The number of methoxy groups -OCH3 is 1. The molecule has 2 aromatic carbocycles. The summed E-state index contributed by atoms with van der Waals surface area (Å²) >= 11 is 0. The van der Waals surface area contributed by atoms with E-state index in [-0.39, 0.29) is 17.9 Å². The van der Waals surface area contributed by atoms with Crippen molar-refractivity contribution in [3.8, 4) is 28.1 Å². The number of hydrogen-bond donors (Lipinski definition) is 2. The van der Waals surface area contributed by atoms with E-state index in [1.54, 1.807) is 0 Å². The highest BCUT2D eigenvalue weighted by Gasteiger charge is 2.52. The number of fused-ring (bicyclic) bond motifs is 6. The lowest BCUT2D eigenvalue weighted by Gasteiger charge is -2.32. The number of benzene rings is 2.